The number of hydrogen-bond acceptors (Lipinski definition) is 4. The predicted octanol–water partition coefficient (Wildman–Crippen LogP) is 4.58. The van der Waals surface area contributed by atoms with Gasteiger partial charge in [0.1, 0.15) is 5.75 Å². The highest BCUT2D eigenvalue weighted by Gasteiger charge is 2.26. The maximum Gasteiger partial charge on any atom is 0.226 e. The number of carbonyl (C=O) groups excluding carboxylic acids is 1. The maximum atomic E-state index is 13.0. The van der Waals surface area contributed by atoms with Gasteiger partial charge in [-0.15, -0.1) is 0 Å². The average molecular weight is 448 g/mol. The third kappa shape index (κ3) is 5.85. The van der Waals surface area contributed by atoms with Gasteiger partial charge in [-0.1, -0.05) is 24.3 Å². The fourth-order valence-corrected chi connectivity index (χ4v) is 4.10. The van der Waals surface area contributed by atoms with Crippen LogP contribution in [0.1, 0.15) is 30.0 Å². The van der Waals surface area contributed by atoms with E-state index in [0.29, 0.717) is 6.42 Å². The van der Waals surface area contributed by atoms with Gasteiger partial charge in [0.15, 0.2) is 0 Å². The normalized spacial score (nSPS) is 14.1. The van der Waals surface area contributed by atoms with E-state index in [1.54, 1.807) is 7.11 Å². The molecule has 0 spiro atoms. The molecule has 0 bridgehead atoms. The van der Waals surface area contributed by atoms with Crippen LogP contribution in [0.15, 0.2) is 54.1 Å². The van der Waals surface area contributed by atoms with Gasteiger partial charge >= 0.3 is 0 Å². The average Bonchev–Trinajstić information content (AvgIpc) is 3.06. The Labute approximate surface area is 198 Å². The highest BCUT2D eigenvalue weighted by Crippen LogP contribution is 2.44. The Morgan fingerprint density at radius 1 is 0.939 bits per heavy atom. The summed E-state index contributed by atoms with van der Waals surface area (Å²) in [5.74, 6) is 0.952. The number of rotatable bonds is 9. The van der Waals surface area contributed by atoms with Gasteiger partial charge in [-0.25, -0.2) is 0 Å². The molecule has 0 atom stereocenters. The molecular formula is C28H37N3O2. The second-order valence-corrected chi connectivity index (χ2v) is 9.19. The molecule has 0 heterocycles. The molecule has 1 amide bonds. The smallest absolute Gasteiger partial charge is 0.226 e. The number of hydrogen-bond donors (Lipinski definition) is 0. The van der Waals surface area contributed by atoms with Crippen molar-refractivity contribution in [2.24, 2.45) is 0 Å². The first-order valence-electron chi connectivity index (χ1n) is 11.4. The first-order valence-corrected chi connectivity index (χ1v) is 11.4. The molecule has 5 heteroatoms. The number of anilines is 1. The zero-order valence-electron chi connectivity index (χ0n) is 21.1. The van der Waals surface area contributed by atoms with Crippen LogP contribution in [0.2, 0.25) is 0 Å². The van der Waals surface area contributed by atoms with Gasteiger partial charge in [0.2, 0.25) is 5.91 Å². The molecule has 0 N–H and O–H groups in total. The fraction of sp³-hybridized carbons (Fsp3) is 0.393. The standard InChI is InChI=1S/C28H37N3O2/c1-20-24(14-10-21-8-11-22(12-9-21)30(4)5)25-15-13-23(33-7)18-27(25)26(20)19-28(32)31(6)17-16-29(2)3/h8-9,11-15,18H,10,16-17,19H2,1-7H3/b24-14-. The second kappa shape index (κ2) is 10.7. The summed E-state index contributed by atoms with van der Waals surface area (Å²) in [4.78, 5) is 19.0. The van der Waals surface area contributed by atoms with Crippen LogP contribution in [0.3, 0.4) is 0 Å². The molecule has 1 aliphatic rings. The van der Waals surface area contributed by atoms with Crippen LogP contribution in [0.5, 0.6) is 5.75 Å². The van der Waals surface area contributed by atoms with Crippen LogP contribution in [-0.4, -0.2) is 71.1 Å². The van der Waals surface area contributed by atoms with Gasteiger partial charge < -0.3 is 19.4 Å². The topological polar surface area (TPSA) is 36.0 Å². The molecular weight excluding hydrogens is 410 g/mol. The van der Waals surface area contributed by atoms with Gasteiger partial charge in [-0.3, -0.25) is 4.79 Å². The van der Waals surface area contributed by atoms with Crippen molar-refractivity contribution in [3.63, 3.8) is 0 Å². The van der Waals surface area contributed by atoms with Crippen molar-refractivity contribution in [3.05, 3.63) is 70.8 Å². The Kier molecular flexibility index (Phi) is 7.98. The molecule has 0 unspecified atom stereocenters. The lowest BCUT2D eigenvalue weighted by Crippen LogP contribution is -2.33. The van der Waals surface area contributed by atoms with E-state index in [9.17, 15) is 4.79 Å². The molecule has 1 aliphatic carbocycles. The van der Waals surface area contributed by atoms with E-state index in [1.807, 2.05) is 32.1 Å². The zero-order valence-corrected chi connectivity index (χ0v) is 21.1. The predicted molar refractivity (Wildman–Crippen MR) is 139 cm³/mol. The summed E-state index contributed by atoms with van der Waals surface area (Å²) in [6.45, 7) is 3.70. The third-order valence-electron chi connectivity index (χ3n) is 6.33. The van der Waals surface area contributed by atoms with Crippen LogP contribution in [0.25, 0.3) is 11.1 Å². The van der Waals surface area contributed by atoms with Crippen molar-refractivity contribution in [2.75, 3.05) is 60.3 Å². The Balaban J connectivity index is 1.88. The zero-order chi connectivity index (χ0) is 24.1. The molecule has 33 heavy (non-hydrogen) atoms. The number of ether oxygens (including phenoxy) is 1. The van der Waals surface area contributed by atoms with Gasteiger partial charge in [-0.2, -0.15) is 0 Å². The molecule has 0 radical (unpaired) electrons. The lowest BCUT2D eigenvalue weighted by molar-refractivity contribution is -0.128. The molecule has 0 saturated heterocycles. The van der Waals surface area contributed by atoms with E-state index in [4.69, 9.17) is 4.74 Å². The summed E-state index contributed by atoms with van der Waals surface area (Å²) in [6, 6.07) is 14.8. The Hall–Kier alpha value is -3.05. The molecule has 0 aliphatic heterocycles. The first kappa shape index (κ1) is 24.6. The quantitative estimate of drug-likeness (QED) is 0.564. The summed E-state index contributed by atoms with van der Waals surface area (Å²) in [5, 5.41) is 0. The summed E-state index contributed by atoms with van der Waals surface area (Å²) >= 11 is 0. The van der Waals surface area contributed by atoms with E-state index in [1.165, 1.54) is 28.0 Å². The number of methoxy groups -OCH3 is 1. The van der Waals surface area contributed by atoms with Gasteiger partial charge in [0, 0.05) is 39.9 Å². The van der Waals surface area contributed by atoms with Crippen LogP contribution in [-0.2, 0) is 11.2 Å². The first-order chi connectivity index (χ1) is 15.7. The van der Waals surface area contributed by atoms with E-state index >= 15 is 0 Å². The second-order valence-electron chi connectivity index (χ2n) is 9.19. The Bertz CT molecular complexity index is 1050. The van der Waals surface area contributed by atoms with Crippen molar-refractivity contribution in [2.45, 2.75) is 19.8 Å². The molecule has 2 aromatic rings. The number of amides is 1. The lowest BCUT2D eigenvalue weighted by Gasteiger charge is -2.20. The third-order valence-corrected chi connectivity index (χ3v) is 6.33. The lowest BCUT2D eigenvalue weighted by atomic mass is 10.00. The fourth-order valence-electron chi connectivity index (χ4n) is 4.10. The Morgan fingerprint density at radius 2 is 1.64 bits per heavy atom. The van der Waals surface area contributed by atoms with Gasteiger partial charge in [-0.05, 0) is 85.1 Å². The monoisotopic (exact) mass is 447 g/mol. The summed E-state index contributed by atoms with van der Waals surface area (Å²) < 4.78 is 5.49. The minimum Gasteiger partial charge on any atom is -0.497 e. The van der Waals surface area contributed by atoms with Crippen molar-refractivity contribution in [1.82, 2.24) is 9.80 Å². The summed E-state index contributed by atoms with van der Waals surface area (Å²) in [6.07, 6.45) is 3.53. The minimum absolute atomic E-state index is 0.139. The number of benzene rings is 2. The Morgan fingerprint density at radius 3 is 2.24 bits per heavy atom. The number of fused-ring (bicyclic) bond motifs is 1. The molecule has 3 rings (SSSR count). The highest BCUT2D eigenvalue weighted by molar-refractivity contribution is 6.04. The summed E-state index contributed by atoms with van der Waals surface area (Å²) in [5.41, 5.74) is 8.23. The van der Waals surface area contributed by atoms with Gasteiger partial charge in [0.25, 0.3) is 0 Å². The molecule has 176 valence electrons. The van der Waals surface area contributed by atoms with Crippen LogP contribution in [0, 0.1) is 0 Å². The van der Waals surface area contributed by atoms with Crippen molar-refractivity contribution in [3.8, 4) is 5.75 Å². The number of likely N-dealkylation sites (N-methyl/N-ethyl adjacent to an activating group) is 2. The van der Waals surface area contributed by atoms with Crippen LogP contribution in [0.4, 0.5) is 5.69 Å². The molecule has 0 aromatic heterocycles. The SMILES string of the molecule is COc1ccc2c(c1)C(CC(=O)N(C)CCN(C)C)=C(C)/C2=C/Cc1ccc(N(C)C)cc1. The number of allylic oxidation sites excluding steroid dienone is 3. The maximum absolute atomic E-state index is 13.0. The van der Waals surface area contributed by atoms with Crippen LogP contribution < -0.4 is 9.64 Å². The number of carbonyl (C=O) groups is 1. The summed E-state index contributed by atoms with van der Waals surface area (Å²) in [7, 11) is 11.7. The number of nitrogens with zero attached hydrogens (tertiary/aromatic N) is 3. The van der Waals surface area contributed by atoms with Crippen LogP contribution >= 0.6 is 0 Å². The largest absolute Gasteiger partial charge is 0.497 e. The van der Waals surface area contributed by atoms with Crippen molar-refractivity contribution < 1.29 is 9.53 Å². The van der Waals surface area contributed by atoms with E-state index in [2.05, 4.69) is 73.3 Å². The highest BCUT2D eigenvalue weighted by atomic mass is 16.5. The molecule has 0 saturated carbocycles. The molecule has 2 aromatic carbocycles. The van der Waals surface area contributed by atoms with Crippen molar-refractivity contribution in [1.29, 1.82) is 0 Å². The minimum atomic E-state index is 0.139. The van der Waals surface area contributed by atoms with Gasteiger partial charge in [0.05, 0.1) is 13.5 Å². The molecule has 0 fully saturated rings. The van der Waals surface area contributed by atoms with E-state index < -0.39 is 0 Å². The molecule has 5 nitrogen and oxygen atoms in total. The van der Waals surface area contributed by atoms with Crippen molar-refractivity contribution >= 4 is 22.7 Å². The van der Waals surface area contributed by atoms with E-state index in [-0.39, 0.29) is 5.91 Å². The van der Waals surface area contributed by atoms with E-state index in [0.717, 1.165) is 36.4 Å².